The number of anilines is 1. The van der Waals surface area contributed by atoms with Gasteiger partial charge in [0, 0.05) is 16.8 Å². The highest BCUT2D eigenvalue weighted by Gasteiger charge is 2.39. The Bertz CT molecular complexity index is 667. The summed E-state index contributed by atoms with van der Waals surface area (Å²) in [7, 11) is 0. The van der Waals surface area contributed by atoms with Gasteiger partial charge in [-0.2, -0.15) is 0 Å². The average Bonchev–Trinajstić information content (AvgIpc) is 3.11. The van der Waals surface area contributed by atoms with Crippen LogP contribution in [-0.4, -0.2) is 10.9 Å². The first-order valence-corrected chi connectivity index (χ1v) is 8.53. The first kappa shape index (κ1) is 20.7. The van der Waals surface area contributed by atoms with Crippen LogP contribution in [0.3, 0.4) is 0 Å². The molecule has 1 amide bonds. The summed E-state index contributed by atoms with van der Waals surface area (Å²) in [6.07, 6.45) is 4.62. The number of benzene rings is 1. The molecule has 2 aromatic rings. The minimum absolute atomic E-state index is 0. The first-order valence-electron chi connectivity index (χ1n) is 7.65. The Morgan fingerprint density at radius 3 is 2.42 bits per heavy atom. The molecule has 1 heterocycles. The molecule has 0 unspecified atom stereocenters. The molecule has 4 nitrogen and oxygen atoms in total. The van der Waals surface area contributed by atoms with Gasteiger partial charge in [0.2, 0.25) is 5.91 Å². The zero-order chi connectivity index (χ0) is 15.6. The van der Waals surface area contributed by atoms with Crippen molar-refractivity contribution < 1.29 is 4.79 Å². The number of nitrogens with one attached hydrogen (secondary N) is 1. The number of carbonyl (C=O) groups excluding carboxylic acids is 1. The number of amides is 1. The van der Waals surface area contributed by atoms with Gasteiger partial charge in [0.05, 0.1) is 12.0 Å². The SMILES string of the molecule is Cc1csc(C2(NC(=O)Cc3ccc(N)cc3)CCCC2)n1.Cl.Cl. The molecule has 3 N–H and O–H groups in total. The maximum Gasteiger partial charge on any atom is 0.225 e. The summed E-state index contributed by atoms with van der Waals surface area (Å²) in [5.74, 6) is 0.0551. The van der Waals surface area contributed by atoms with E-state index in [-0.39, 0.29) is 36.3 Å². The van der Waals surface area contributed by atoms with Crippen molar-refractivity contribution in [2.75, 3.05) is 5.73 Å². The quantitative estimate of drug-likeness (QED) is 0.778. The van der Waals surface area contributed by atoms with Crippen LogP contribution in [-0.2, 0) is 16.8 Å². The standard InChI is InChI=1S/C17H21N3OS.2ClH/c1-12-11-22-16(19-12)17(8-2-3-9-17)20-15(21)10-13-4-6-14(18)7-5-13;;/h4-7,11H,2-3,8-10,18H2,1H3,(H,20,21);2*1H. The summed E-state index contributed by atoms with van der Waals surface area (Å²) in [5.41, 5.74) is 8.15. The number of halogens is 2. The molecule has 1 aliphatic rings. The molecular formula is C17H23Cl2N3OS. The average molecular weight is 388 g/mol. The monoisotopic (exact) mass is 387 g/mol. The molecule has 7 heteroatoms. The van der Waals surface area contributed by atoms with Crippen molar-refractivity contribution in [2.24, 2.45) is 0 Å². The van der Waals surface area contributed by atoms with Gasteiger partial charge in [0.1, 0.15) is 5.01 Å². The van der Waals surface area contributed by atoms with Crippen LogP contribution in [0.4, 0.5) is 5.69 Å². The Kier molecular flexibility index (Phi) is 7.52. The second-order valence-electron chi connectivity index (χ2n) is 6.05. The molecule has 3 rings (SSSR count). The number of rotatable bonds is 4. The third-order valence-corrected chi connectivity index (χ3v) is 5.37. The van der Waals surface area contributed by atoms with E-state index in [0.717, 1.165) is 47.6 Å². The molecule has 1 aliphatic carbocycles. The van der Waals surface area contributed by atoms with E-state index in [1.165, 1.54) is 0 Å². The first-order chi connectivity index (χ1) is 10.6. The molecule has 1 aromatic carbocycles. The third kappa shape index (κ3) is 4.62. The van der Waals surface area contributed by atoms with Crippen molar-refractivity contribution in [3.63, 3.8) is 0 Å². The number of carbonyl (C=O) groups is 1. The van der Waals surface area contributed by atoms with E-state index in [2.05, 4.69) is 15.7 Å². The Balaban J connectivity index is 0.00000144. The lowest BCUT2D eigenvalue weighted by Crippen LogP contribution is -2.44. The van der Waals surface area contributed by atoms with Gasteiger partial charge in [0.25, 0.3) is 0 Å². The lowest BCUT2D eigenvalue weighted by atomic mass is 9.97. The predicted molar refractivity (Wildman–Crippen MR) is 104 cm³/mol. The molecule has 1 fully saturated rings. The number of hydrogen-bond donors (Lipinski definition) is 2. The maximum atomic E-state index is 12.5. The molecule has 0 spiro atoms. The summed E-state index contributed by atoms with van der Waals surface area (Å²) in [6, 6.07) is 7.48. The second-order valence-corrected chi connectivity index (χ2v) is 6.91. The van der Waals surface area contributed by atoms with Gasteiger partial charge in [-0.1, -0.05) is 25.0 Å². The Morgan fingerprint density at radius 2 is 1.88 bits per heavy atom. The van der Waals surface area contributed by atoms with Crippen molar-refractivity contribution >= 4 is 47.7 Å². The Labute approximate surface area is 159 Å². The number of hydrogen-bond acceptors (Lipinski definition) is 4. The highest BCUT2D eigenvalue weighted by atomic mass is 35.5. The molecule has 132 valence electrons. The van der Waals surface area contributed by atoms with Crippen LogP contribution in [0.2, 0.25) is 0 Å². The fourth-order valence-corrected chi connectivity index (χ4v) is 4.09. The van der Waals surface area contributed by atoms with Gasteiger partial charge in [-0.15, -0.1) is 36.2 Å². The van der Waals surface area contributed by atoms with Gasteiger partial charge in [0.15, 0.2) is 0 Å². The van der Waals surface area contributed by atoms with Crippen molar-refractivity contribution in [3.05, 3.63) is 45.9 Å². The smallest absolute Gasteiger partial charge is 0.225 e. The summed E-state index contributed by atoms with van der Waals surface area (Å²) in [4.78, 5) is 17.1. The van der Waals surface area contributed by atoms with Gasteiger partial charge in [-0.05, 0) is 37.5 Å². The van der Waals surface area contributed by atoms with Gasteiger partial charge < -0.3 is 11.1 Å². The summed E-state index contributed by atoms with van der Waals surface area (Å²) in [5, 5.41) is 6.37. The number of aromatic nitrogens is 1. The lowest BCUT2D eigenvalue weighted by Gasteiger charge is -2.28. The molecule has 24 heavy (non-hydrogen) atoms. The van der Waals surface area contributed by atoms with Crippen molar-refractivity contribution in [1.29, 1.82) is 0 Å². The number of nitrogens with zero attached hydrogens (tertiary/aromatic N) is 1. The van der Waals surface area contributed by atoms with E-state index in [1.807, 2.05) is 31.2 Å². The minimum Gasteiger partial charge on any atom is -0.399 e. The molecule has 1 saturated carbocycles. The fraction of sp³-hybridized carbons (Fsp3) is 0.412. The molecular weight excluding hydrogens is 365 g/mol. The zero-order valence-electron chi connectivity index (χ0n) is 13.6. The van der Waals surface area contributed by atoms with Gasteiger partial charge in [-0.3, -0.25) is 4.79 Å². The van der Waals surface area contributed by atoms with Gasteiger partial charge >= 0.3 is 0 Å². The van der Waals surface area contributed by atoms with Crippen molar-refractivity contribution in [2.45, 2.75) is 44.6 Å². The van der Waals surface area contributed by atoms with Crippen molar-refractivity contribution in [1.82, 2.24) is 10.3 Å². The minimum atomic E-state index is -0.260. The largest absolute Gasteiger partial charge is 0.399 e. The lowest BCUT2D eigenvalue weighted by molar-refractivity contribution is -0.122. The fourth-order valence-electron chi connectivity index (χ4n) is 3.08. The van der Waals surface area contributed by atoms with Crippen LogP contribution in [0.1, 0.15) is 41.9 Å². The van der Waals surface area contributed by atoms with Gasteiger partial charge in [-0.25, -0.2) is 4.98 Å². The van der Waals surface area contributed by atoms with Crippen molar-refractivity contribution in [3.8, 4) is 0 Å². The number of nitrogens with two attached hydrogens (primary N) is 1. The highest BCUT2D eigenvalue weighted by molar-refractivity contribution is 7.09. The Morgan fingerprint density at radius 1 is 1.25 bits per heavy atom. The summed E-state index contributed by atoms with van der Waals surface area (Å²) < 4.78 is 0. The summed E-state index contributed by atoms with van der Waals surface area (Å²) in [6.45, 7) is 2.00. The molecule has 0 radical (unpaired) electrons. The third-order valence-electron chi connectivity index (χ3n) is 4.21. The van der Waals surface area contributed by atoms with Crippen LogP contribution in [0, 0.1) is 6.92 Å². The number of nitrogen functional groups attached to an aromatic ring is 1. The number of thiazole rings is 1. The normalized spacial score (nSPS) is 15.2. The molecule has 0 bridgehead atoms. The van der Waals surface area contributed by atoms with Crippen LogP contribution in [0.5, 0.6) is 0 Å². The molecule has 0 atom stereocenters. The highest BCUT2D eigenvalue weighted by Crippen LogP contribution is 2.40. The maximum absolute atomic E-state index is 12.5. The van der Waals surface area contributed by atoms with E-state index in [9.17, 15) is 4.79 Å². The van der Waals surface area contributed by atoms with E-state index in [4.69, 9.17) is 5.73 Å². The predicted octanol–water partition coefficient (Wildman–Crippen LogP) is 4.01. The van der Waals surface area contributed by atoms with E-state index in [1.54, 1.807) is 11.3 Å². The molecule has 1 aromatic heterocycles. The topological polar surface area (TPSA) is 68.0 Å². The van der Waals surface area contributed by atoms with E-state index >= 15 is 0 Å². The second kappa shape index (κ2) is 8.70. The van der Waals surface area contributed by atoms with E-state index in [0.29, 0.717) is 6.42 Å². The van der Waals surface area contributed by atoms with Crippen LogP contribution in [0.15, 0.2) is 29.6 Å². The summed E-state index contributed by atoms with van der Waals surface area (Å²) >= 11 is 1.65. The molecule has 0 aliphatic heterocycles. The van der Waals surface area contributed by atoms with Crippen LogP contribution in [0.25, 0.3) is 0 Å². The van der Waals surface area contributed by atoms with E-state index < -0.39 is 0 Å². The number of aryl methyl sites for hydroxylation is 1. The zero-order valence-corrected chi connectivity index (χ0v) is 16.0. The van der Waals surface area contributed by atoms with Crippen LogP contribution < -0.4 is 11.1 Å². The Hall–Kier alpha value is -1.30. The van der Waals surface area contributed by atoms with Crippen LogP contribution >= 0.6 is 36.2 Å². The molecule has 0 saturated heterocycles.